The molecule has 4 heteroatoms. The fourth-order valence-electron chi connectivity index (χ4n) is 4.03. The third kappa shape index (κ3) is 3.06. The molecule has 2 bridgehead atoms. The van der Waals surface area contributed by atoms with E-state index < -0.39 is 5.82 Å². The Labute approximate surface area is 126 Å². The minimum Gasteiger partial charge on any atom is -0.508 e. The predicted octanol–water partition coefficient (Wildman–Crippen LogP) is 3.05. The molecule has 0 spiro atoms. The molecule has 0 aromatic heterocycles. The lowest BCUT2D eigenvalue weighted by Gasteiger charge is -2.36. The van der Waals surface area contributed by atoms with Gasteiger partial charge < -0.3 is 15.3 Å². The number of phenols is 1. The molecule has 2 aliphatic rings. The first kappa shape index (κ1) is 14.8. The molecule has 2 N–H and O–H groups in total. The van der Waals surface area contributed by atoms with E-state index in [4.69, 9.17) is 0 Å². The smallest absolute Gasteiger partial charge is 0.126 e. The van der Waals surface area contributed by atoms with Crippen LogP contribution in [0.25, 0.3) is 0 Å². The van der Waals surface area contributed by atoms with Crippen molar-refractivity contribution >= 4 is 0 Å². The van der Waals surface area contributed by atoms with Crippen LogP contribution < -0.4 is 5.32 Å². The third-order valence-corrected chi connectivity index (χ3v) is 5.37. The topological polar surface area (TPSA) is 35.5 Å². The normalized spacial score (nSPS) is 30.5. The summed E-state index contributed by atoms with van der Waals surface area (Å²) in [5.74, 6) is 0.359. The van der Waals surface area contributed by atoms with Crippen LogP contribution in [0.1, 0.15) is 44.2 Å². The zero-order valence-electron chi connectivity index (χ0n) is 12.8. The number of aromatic hydroxyl groups is 1. The number of rotatable bonds is 4. The van der Waals surface area contributed by atoms with E-state index in [-0.39, 0.29) is 11.8 Å². The summed E-state index contributed by atoms with van der Waals surface area (Å²) in [5.41, 5.74) is 0.771. The van der Waals surface area contributed by atoms with Crippen molar-refractivity contribution in [2.45, 2.75) is 50.7 Å². The van der Waals surface area contributed by atoms with E-state index in [1.807, 2.05) is 6.92 Å². The number of piperidine rings is 1. The minimum absolute atomic E-state index is 0.0402. The van der Waals surface area contributed by atoms with Crippen LogP contribution in [0.5, 0.6) is 5.75 Å². The van der Waals surface area contributed by atoms with Crippen LogP contribution in [0.4, 0.5) is 4.39 Å². The number of nitrogens with one attached hydrogen (secondary N) is 1. The average Bonchev–Trinajstić information content (AvgIpc) is 2.67. The number of phenolic OH excluding ortho intramolecular Hbond substituents is 1. The maximum atomic E-state index is 13.0. The predicted molar refractivity (Wildman–Crippen MR) is 81.8 cm³/mol. The molecule has 2 aliphatic heterocycles. The first-order chi connectivity index (χ1) is 10.0. The van der Waals surface area contributed by atoms with Gasteiger partial charge >= 0.3 is 0 Å². The first-order valence-electron chi connectivity index (χ1n) is 7.98. The van der Waals surface area contributed by atoms with Gasteiger partial charge in [-0.3, -0.25) is 0 Å². The van der Waals surface area contributed by atoms with Gasteiger partial charge in [0.1, 0.15) is 11.6 Å². The van der Waals surface area contributed by atoms with Gasteiger partial charge in [0, 0.05) is 29.8 Å². The maximum absolute atomic E-state index is 13.0. The summed E-state index contributed by atoms with van der Waals surface area (Å²) in [6.07, 6.45) is 5.21. The van der Waals surface area contributed by atoms with Crippen LogP contribution in [-0.4, -0.2) is 35.7 Å². The van der Waals surface area contributed by atoms with E-state index in [0.29, 0.717) is 5.92 Å². The fourth-order valence-corrected chi connectivity index (χ4v) is 4.03. The zero-order chi connectivity index (χ0) is 15.0. The van der Waals surface area contributed by atoms with Gasteiger partial charge in [-0.15, -0.1) is 0 Å². The SMILES string of the molecule is CC(NCC1CC2CCC(C1)N2C)c1ccc(F)cc1O. The first-order valence-corrected chi connectivity index (χ1v) is 7.98. The van der Waals surface area contributed by atoms with E-state index in [1.54, 1.807) is 6.07 Å². The van der Waals surface area contributed by atoms with Gasteiger partial charge in [-0.05, 0) is 58.2 Å². The molecule has 0 amide bonds. The lowest BCUT2D eigenvalue weighted by Crippen LogP contribution is -2.42. The summed E-state index contributed by atoms with van der Waals surface area (Å²) in [4.78, 5) is 2.55. The van der Waals surface area contributed by atoms with Crippen molar-refractivity contribution in [1.29, 1.82) is 0 Å². The molecule has 0 aliphatic carbocycles. The van der Waals surface area contributed by atoms with Crippen LogP contribution >= 0.6 is 0 Å². The van der Waals surface area contributed by atoms with E-state index in [1.165, 1.54) is 37.8 Å². The van der Waals surface area contributed by atoms with Crippen molar-refractivity contribution in [1.82, 2.24) is 10.2 Å². The molecular weight excluding hydrogens is 267 g/mol. The molecule has 1 aromatic carbocycles. The standard InChI is InChI=1S/C17H25FN2O/c1-11(16-6-3-13(18)9-17(16)21)19-10-12-7-14-4-5-15(8-12)20(14)2/h3,6,9,11-12,14-15,19,21H,4-5,7-8,10H2,1-2H3. The number of nitrogens with zero attached hydrogens (tertiary/aromatic N) is 1. The molecule has 3 unspecified atom stereocenters. The molecule has 21 heavy (non-hydrogen) atoms. The molecule has 2 heterocycles. The fraction of sp³-hybridized carbons (Fsp3) is 0.647. The Morgan fingerprint density at radius 2 is 2.00 bits per heavy atom. The summed E-state index contributed by atoms with van der Waals surface area (Å²) in [7, 11) is 2.26. The molecular formula is C17H25FN2O. The highest BCUT2D eigenvalue weighted by molar-refractivity contribution is 5.34. The van der Waals surface area contributed by atoms with Crippen molar-refractivity contribution in [3.05, 3.63) is 29.6 Å². The van der Waals surface area contributed by atoms with Gasteiger partial charge in [0.2, 0.25) is 0 Å². The zero-order valence-corrected chi connectivity index (χ0v) is 12.8. The van der Waals surface area contributed by atoms with Crippen molar-refractivity contribution in [3.63, 3.8) is 0 Å². The Morgan fingerprint density at radius 1 is 1.33 bits per heavy atom. The Hall–Kier alpha value is -1.13. The lowest BCUT2D eigenvalue weighted by molar-refractivity contribution is 0.131. The number of benzene rings is 1. The lowest BCUT2D eigenvalue weighted by atomic mass is 9.90. The number of fused-ring (bicyclic) bond motifs is 2. The summed E-state index contributed by atoms with van der Waals surface area (Å²) in [6, 6.07) is 5.81. The number of hydrogen-bond donors (Lipinski definition) is 2. The Bertz CT molecular complexity index is 494. The second-order valence-corrected chi connectivity index (χ2v) is 6.72. The summed E-state index contributed by atoms with van der Waals surface area (Å²) < 4.78 is 13.0. The molecule has 3 nitrogen and oxygen atoms in total. The quantitative estimate of drug-likeness (QED) is 0.895. The molecule has 2 fully saturated rings. The van der Waals surface area contributed by atoms with Crippen LogP contribution in [-0.2, 0) is 0 Å². The number of hydrogen-bond acceptors (Lipinski definition) is 3. The third-order valence-electron chi connectivity index (χ3n) is 5.37. The number of halogens is 1. The van der Waals surface area contributed by atoms with Crippen molar-refractivity contribution < 1.29 is 9.50 Å². The van der Waals surface area contributed by atoms with E-state index in [2.05, 4.69) is 17.3 Å². The minimum atomic E-state index is -0.393. The van der Waals surface area contributed by atoms with E-state index in [9.17, 15) is 9.50 Å². The largest absolute Gasteiger partial charge is 0.508 e. The highest BCUT2D eigenvalue weighted by Gasteiger charge is 2.38. The molecule has 0 saturated carbocycles. The van der Waals surface area contributed by atoms with Crippen LogP contribution in [0.3, 0.4) is 0 Å². The Morgan fingerprint density at radius 3 is 2.62 bits per heavy atom. The highest BCUT2D eigenvalue weighted by Crippen LogP contribution is 2.37. The maximum Gasteiger partial charge on any atom is 0.126 e. The van der Waals surface area contributed by atoms with E-state index in [0.717, 1.165) is 24.2 Å². The van der Waals surface area contributed by atoms with Crippen molar-refractivity contribution in [2.75, 3.05) is 13.6 Å². The van der Waals surface area contributed by atoms with E-state index >= 15 is 0 Å². The van der Waals surface area contributed by atoms with Gasteiger partial charge in [-0.25, -0.2) is 4.39 Å². The van der Waals surface area contributed by atoms with Gasteiger partial charge in [0.15, 0.2) is 0 Å². The van der Waals surface area contributed by atoms with Gasteiger partial charge in [0.05, 0.1) is 0 Å². The Kier molecular flexibility index (Phi) is 4.18. The summed E-state index contributed by atoms with van der Waals surface area (Å²) in [6.45, 7) is 3.00. The average molecular weight is 292 g/mol. The monoisotopic (exact) mass is 292 g/mol. The van der Waals surface area contributed by atoms with Crippen LogP contribution in [0, 0.1) is 11.7 Å². The van der Waals surface area contributed by atoms with Gasteiger partial charge in [0.25, 0.3) is 0 Å². The summed E-state index contributed by atoms with van der Waals surface area (Å²) in [5, 5.41) is 13.4. The molecule has 1 aromatic rings. The van der Waals surface area contributed by atoms with Gasteiger partial charge in [-0.2, -0.15) is 0 Å². The summed E-state index contributed by atoms with van der Waals surface area (Å²) >= 11 is 0. The molecule has 2 saturated heterocycles. The van der Waals surface area contributed by atoms with Gasteiger partial charge in [-0.1, -0.05) is 6.07 Å². The molecule has 116 valence electrons. The van der Waals surface area contributed by atoms with Crippen LogP contribution in [0.15, 0.2) is 18.2 Å². The highest BCUT2D eigenvalue weighted by atomic mass is 19.1. The van der Waals surface area contributed by atoms with Crippen molar-refractivity contribution in [2.24, 2.45) is 5.92 Å². The second kappa shape index (κ2) is 5.93. The Balaban J connectivity index is 1.55. The van der Waals surface area contributed by atoms with Crippen molar-refractivity contribution in [3.8, 4) is 5.75 Å². The van der Waals surface area contributed by atoms with Crippen LogP contribution in [0.2, 0.25) is 0 Å². The molecule has 3 atom stereocenters. The second-order valence-electron chi connectivity index (χ2n) is 6.72. The molecule has 0 radical (unpaired) electrons. The molecule has 3 rings (SSSR count).